The molecule has 1 aromatic rings. The van der Waals surface area contributed by atoms with Crippen molar-refractivity contribution in [2.75, 3.05) is 51.0 Å². The Morgan fingerprint density at radius 3 is 2.92 bits per heavy atom. The standard InChI is InChI=1S/C18H27N3O2S/c1-24-17-7-4-5-15(13-17)19-18(22)21-8-3-2-6-16(21)14-20-9-11-23-12-10-20/h4-5,7,13,16H,2-3,6,8-12,14H2,1H3,(H,19,22)/t16-/m0/s1. The van der Waals surface area contributed by atoms with Gasteiger partial charge in [0.2, 0.25) is 0 Å². The summed E-state index contributed by atoms with van der Waals surface area (Å²) in [5.41, 5.74) is 0.877. The van der Waals surface area contributed by atoms with E-state index in [0.29, 0.717) is 6.04 Å². The van der Waals surface area contributed by atoms with Crippen LogP contribution in [0.3, 0.4) is 0 Å². The van der Waals surface area contributed by atoms with Gasteiger partial charge in [0.1, 0.15) is 0 Å². The maximum absolute atomic E-state index is 12.8. The maximum atomic E-state index is 12.8. The summed E-state index contributed by atoms with van der Waals surface area (Å²) >= 11 is 1.69. The summed E-state index contributed by atoms with van der Waals surface area (Å²) in [6, 6.07) is 8.37. The number of nitrogens with one attached hydrogen (secondary N) is 1. The minimum absolute atomic E-state index is 0.0335. The van der Waals surface area contributed by atoms with Crippen molar-refractivity contribution in [2.24, 2.45) is 0 Å². The zero-order chi connectivity index (χ0) is 16.8. The maximum Gasteiger partial charge on any atom is 0.322 e. The fourth-order valence-electron chi connectivity index (χ4n) is 3.44. The topological polar surface area (TPSA) is 44.8 Å². The van der Waals surface area contributed by atoms with Crippen molar-refractivity contribution in [3.8, 4) is 0 Å². The molecule has 1 atom stereocenters. The van der Waals surface area contributed by atoms with Crippen molar-refractivity contribution < 1.29 is 9.53 Å². The summed E-state index contributed by atoms with van der Waals surface area (Å²) in [6.45, 7) is 5.37. The number of carbonyl (C=O) groups excluding carboxylic acids is 1. The molecule has 0 aliphatic carbocycles. The van der Waals surface area contributed by atoms with Gasteiger partial charge in [-0.15, -0.1) is 11.8 Å². The van der Waals surface area contributed by atoms with Gasteiger partial charge in [0.25, 0.3) is 0 Å². The van der Waals surface area contributed by atoms with Crippen molar-refractivity contribution in [2.45, 2.75) is 30.2 Å². The summed E-state index contributed by atoms with van der Waals surface area (Å²) in [7, 11) is 0. The van der Waals surface area contributed by atoms with Gasteiger partial charge in [-0.05, 0) is 43.7 Å². The number of anilines is 1. The van der Waals surface area contributed by atoms with Crippen LogP contribution in [0.1, 0.15) is 19.3 Å². The lowest BCUT2D eigenvalue weighted by molar-refractivity contribution is 0.0229. The van der Waals surface area contributed by atoms with Crippen LogP contribution < -0.4 is 5.32 Å². The quantitative estimate of drug-likeness (QED) is 0.848. The summed E-state index contributed by atoms with van der Waals surface area (Å²) in [5, 5.41) is 3.08. The van der Waals surface area contributed by atoms with Gasteiger partial charge in [0, 0.05) is 42.8 Å². The van der Waals surface area contributed by atoms with Crippen LogP contribution in [0, 0.1) is 0 Å². The van der Waals surface area contributed by atoms with Crippen LogP contribution in [-0.4, -0.2) is 67.5 Å². The normalized spacial score (nSPS) is 22.4. The third-order valence-electron chi connectivity index (χ3n) is 4.78. The highest BCUT2D eigenvalue weighted by molar-refractivity contribution is 7.98. The van der Waals surface area contributed by atoms with Gasteiger partial charge in [0.15, 0.2) is 0 Å². The average molecular weight is 350 g/mol. The predicted molar refractivity (Wildman–Crippen MR) is 98.8 cm³/mol. The van der Waals surface area contributed by atoms with E-state index in [9.17, 15) is 4.79 Å². The molecule has 0 unspecified atom stereocenters. The van der Waals surface area contributed by atoms with Gasteiger partial charge in [-0.2, -0.15) is 0 Å². The zero-order valence-electron chi connectivity index (χ0n) is 14.4. The summed E-state index contributed by atoms with van der Waals surface area (Å²) in [4.78, 5) is 18.4. The van der Waals surface area contributed by atoms with Gasteiger partial charge < -0.3 is 15.0 Å². The summed E-state index contributed by atoms with van der Waals surface area (Å²) < 4.78 is 5.43. The first kappa shape index (κ1) is 17.6. The Kier molecular flexibility index (Phi) is 6.40. The minimum atomic E-state index is 0.0335. The summed E-state index contributed by atoms with van der Waals surface area (Å²) in [5.74, 6) is 0. The molecule has 0 radical (unpaired) electrons. The first-order valence-electron chi connectivity index (χ1n) is 8.78. The van der Waals surface area contributed by atoms with Crippen molar-refractivity contribution in [1.82, 2.24) is 9.80 Å². The number of likely N-dealkylation sites (tertiary alicyclic amines) is 1. The number of carbonyl (C=O) groups is 1. The molecule has 6 heteroatoms. The number of thioether (sulfide) groups is 1. The van der Waals surface area contributed by atoms with Gasteiger partial charge in [0.05, 0.1) is 13.2 Å². The molecule has 2 saturated heterocycles. The Hall–Kier alpha value is -1.24. The van der Waals surface area contributed by atoms with E-state index in [-0.39, 0.29) is 6.03 Å². The lowest BCUT2D eigenvalue weighted by Gasteiger charge is -2.39. The summed E-state index contributed by atoms with van der Waals surface area (Å²) in [6.07, 6.45) is 5.44. The number of hydrogen-bond donors (Lipinski definition) is 1. The highest BCUT2D eigenvalue weighted by Gasteiger charge is 2.28. The largest absolute Gasteiger partial charge is 0.379 e. The van der Waals surface area contributed by atoms with E-state index in [1.165, 1.54) is 6.42 Å². The molecule has 5 nitrogen and oxygen atoms in total. The van der Waals surface area contributed by atoms with E-state index in [1.54, 1.807) is 11.8 Å². The van der Waals surface area contributed by atoms with Gasteiger partial charge >= 0.3 is 6.03 Å². The van der Waals surface area contributed by atoms with Crippen molar-refractivity contribution >= 4 is 23.5 Å². The van der Waals surface area contributed by atoms with E-state index in [2.05, 4.69) is 16.3 Å². The molecular formula is C18H27N3O2S. The average Bonchev–Trinajstić information content (AvgIpc) is 2.63. The third kappa shape index (κ3) is 4.65. The number of piperidine rings is 1. The van der Waals surface area contributed by atoms with E-state index >= 15 is 0 Å². The Labute approximate surface area is 148 Å². The molecular weight excluding hydrogens is 322 g/mol. The highest BCUT2D eigenvalue weighted by atomic mass is 32.2. The molecule has 1 aromatic carbocycles. The number of urea groups is 1. The highest BCUT2D eigenvalue weighted by Crippen LogP contribution is 2.22. The molecule has 0 bridgehead atoms. The molecule has 1 N–H and O–H groups in total. The van der Waals surface area contributed by atoms with Crippen LogP contribution in [0.2, 0.25) is 0 Å². The lowest BCUT2D eigenvalue weighted by Crippen LogP contribution is -2.52. The van der Waals surface area contributed by atoms with E-state index in [0.717, 1.165) is 62.8 Å². The van der Waals surface area contributed by atoms with Gasteiger partial charge in [-0.1, -0.05) is 6.07 Å². The fraction of sp³-hybridized carbons (Fsp3) is 0.611. The number of rotatable bonds is 4. The monoisotopic (exact) mass is 349 g/mol. The number of benzene rings is 1. The first-order valence-corrected chi connectivity index (χ1v) is 10.0. The van der Waals surface area contributed by atoms with Crippen LogP contribution in [0.4, 0.5) is 10.5 Å². The van der Waals surface area contributed by atoms with Crippen molar-refractivity contribution in [3.63, 3.8) is 0 Å². The first-order chi connectivity index (χ1) is 11.8. The predicted octanol–water partition coefficient (Wildman–Crippen LogP) is 3.13. The fourth-order valence-corrected chi connectivity index (χ4v) is 3.90. The lowest BCUT2D eigenvalue weighted by atomic mass is 10.0. The third-order valence-corrected chi connectivity index (χ3v) is 5.51. The van der Waals surface area contributed by atoms with Crippen LogP contribution in [0.5, 0.6) is 0 Å². The Morgan fingerprint density at radius 1 is 1.29 bits per heavy atom. The zero-order valence-corrected chi connectivity index (χ0v) is 15.2. The molecule has 3 rings (SSSR count). The number of nitrogens with zero attached hydrogens (tertiary/aromatic N) is 2. The molecule has 0 aromatic heterocycles. The smallest absolute Gasteiger partial charge is 0.322 e. The molecule has 2 amide bonds. The van der Waals surface area contributed by atoms with Crippen LogP contribution in [0.25, 0.3) is 0 Å². The number of morpholine rings is 1. The van der Waals surface area contributed by atoms with Crippen LogP contribution in [0.15, 0.2) is 29.2 Å². The molecule has 2 aliphatic rings. The number of ether oxygens (including phenoxy) is 1. The van der Waals surface area contributed by atoms with Crippen LogP contribution >= 0.6 is 11.8 Å². The van der Waals surface area contributed by atoms with E-state index in [4.69, 9.17) is 4.74 Å². The Bertz CT molecular complexity index is 549. The number of amides is 2. The molecule has 132 valence electrons. The van der Waals surface area contributed by atoms with Gasteiger partial charge in [-0.25, -0.2) is 4.79 Å². The second-order valence-corrected chi connectivity index (χ2v) is 7.30. The Balaban J connectivity index is 1.61. The Morgan fingerprint density at radius 2 is 2.12 bits per heavy atom. The second-order valence-electron chi connectivity index (χ2n) is 6.42. The molecule has 2 aliphatic heterocycles. The molecule has 0 spiro atoms. The molecule has 24 heavy (non-hydrogen) atoms. The SMILES string of the molecule is CSc1cccc(NC(=O)N2CCCC[C@H]2CN2CCOCC2)c1. The van der Waals surface area contributed by atoms with Crippen LogP contribution in [-0.2, 0) is 4.74 Å². The van der Waals surface area contributed by atoms with Crippen molar-refractivity contribution in [1.29, 1.82) is 0 Å². The second kappa shape index (κ2) is 8.74. The minimum Gasteiger partial charge on any atom is -0.379 e. The molecule has 2 heterocycles. The van der Waals surface area contributed by atoms with Gasteiger partial charge in [-0.3, -0.25) is 4.90 Å². The van der Waals surface area contributed by atoms with E-state index in [1.807, 2.05) is 29.4 Å². The number of hydrogen-bond acceptors (Lipinski definition) is 4. The van der Waals surface area contributed by atoms with Crippen molar-refractivity contribution in [3.05, 3.63) is 24.3 Å². The molecule has 0 saturated carbocycles. The molecule has 2 fully saturated rings. The van der Waals surface area contributed by atoms with E-state index < -0.39 is 0 Å².